The van der Waals surface area contributed by atoms with Crippen LogP contribution in [0, 0.1) is 0 Å². The molecule has 0 saturated heterocycles. The molecule has 1 aliphatic heterocycles. The summed E-state index contributed by atoms with van der Waals surface area (Å²) in [5.41, 5.74) is 1.44. The molecule has 2 heterocycles. The summed E-state index contributed by atoms with van der Waals surface area (Å²) in [4.78, 5) is 12.7. The summed E-state index contributed by atoms with van der Waals surface area (Å²) in [5, 5.41) is 10.9. The number of aromatic hydroxyl groups is 1. The Morgan fingerprint density at radius 2 is 2.00 bits per heavy atom. The maximum absolute atomic E-state index is 12.7. The number of benzene rings is 2. The Hall–Kier alpha value is -3.15. The molecule has 0 saturated carbocycles. The first-order chi connectivity index (χ1) is 11.7. The van der Waals surface area contributed by atoms with Gasteiger partial charge in [-0.1, -0.05) is 0 Å². The van der Waals surface area contributed by atoms with E-state index in [9.17, 15) is 9.90 Å². The number of ketones is 1. The van der Waals surface area contributed by atoms with Gasteiger partial charge in [-0.25, -0.2) is 0 Å². The van der Waals surface area contributed by atoms with Gasteiger partial charge in [-0.2, -0.15) is 0 Å². The first-order valence-corrected chi connectivity index (χ1v) is 7.35. The van der Waals surface area contributed by atoms with Crippen LogP contribution in [0.25, 0.3) is 11.0 Å². The second-order valence-electron chi connectivity index (χ2n) is 5.45. The highest BCUT2D eigenvalue weighted by molar-refractivity contribution is 6.03. The fourth-order valence-electron chi connectivity index (χ4n) is 2.78. The topological polar surface area (TPSA) is 78.1 Å². The molecule has 0 spiro atoms. The van der Waals surface area contributed by atoms with E-state index in [1.165, 1.54) is 19.4 Å². The predicted octanol–water partition coefficient (Wildman–Crippen LogP) is 3.30. The molecule has 24 heavy (non-hydrogen) atoms. The highest BCUT2D eigenvalue weighted by Crippen LogP contribution is 2.39. The Morgan fingerprint density at radius 1 is 1.21 bits per heavy atom. The van der Waals surface area contributed by atoms with Crippen LogP contribution in [0.3, 0.4) is 0 Å². The van der Waals surface area contributed by atoms with E-state index < -0.39 is 0 Å². The van der Waals surface area contributed by atoms with Gasteiger partial charge in [0.1, 0.15) is 17.1 Å². The van der Waals surface area contributed by atoms with Crippen molar-refractivity contribution in [3.8, 4) is 23.0 Å². The zero-order chi connectivity index (χ0) is 16.7. The summed E-state index contributed by atoms with van der Waals surface area (Å²) in [6.07, 6.45) is 1.58. The maximum Gasteiger partial charge on any atom is 0.231 e. The van der Waals surface area contributed by atoms with Crippen molar-refractivity contribution < 1.29 is 28.5 Å². The lowest BCUT2D eigenvalue weighted by molar-refractivity contribution is 0.0989. The summed E-state index contributed by atoms with van der Waals surface area (Å²) in [7, 11) is 1.53. The minimum absolute atomic E-state index is 0.0662. The molecule has 0 amide bonds. The molecule has 0 aliphatic carbocycles. The van der Waals surface area contributed by atoms with E-state index in [0.717, 1.165) is 5.39 Å². The lowest BCUT2D eigenvalue weighted by atomic mass is 10.00. The summed E-state index contributed by atoms with van der Waals surface area (Å²) in [5.74, 6) is 1.37. The number of methoxy groups -OCH3 is 1. The Kier molecular flexibility index (Phi) is 3.30. The first-order valence-electron chi connectivity index (χ1n) is 7.35. The second kappa shape index (κ2) is 5.49. The minimum Gasteiger partial charge on any atom is -0.507 e. The fraction of sp³-hybridized carbons (Fsp3) is 0.167. The average molecular weight is 326 g/mol. The molecule has 6 nitrogen and oxygen atoms in total. The van der Waals surface area contributed by atoms with Crippen molar-refractivity contribution in [1.29, 1.82) is 0 Å². The molecule has 1 N–H and O–H groups in total. The summed E-state index contributed by atoms with van der Waals surface area (Å²) in [6.45, 7) is 0.147. The number of hydrogen-bond acceptors (Lipinski definition) is 6. The standard InChI is InChI=1S/C18H14O6/c1-21-15-8-18-17(23-9-24-18)6-11(15)5-13(19)12-4-10-2-3-22-16(10)7-14(12)20/h2-4,6-8,20H,5,9H2,1H3. The number of furan rings is 1. The van der Waals surface area contributed by atoms with E-state index >= 15 is 0 Å². The molecule has 0 atom stereocenters. The third-order valence-electron chi connectivity index (χ3n) is 4.00. The highest BCUT2D eigenvalue weighted by atomic mass is 16.7. The number of hydrogen-bond donors (Lipinski definition) is 1. The van der Waals surface area contributed by atoms with Gasteiger partial charge in [0, 0.05) is 29.5 Å². The van der Waals surface area contributed by atoms with Crippen LogP contribution in [0.2, 0.25) is 0 Å². The molecule has 1 aliphatic rings. The highest BCUT2D eigenvalue weighted by Gasteiger charge is 2.21. The second-order valence-corrected chi connectivity index (χ2v) is 5.45. The molecule has 3 aromatic rings. The zero-order valence-electron chi connectivity index (χ0n) is 12.9. The van der Waals surface area contributed by atoms with E-state index in [0.29, 0.717) is 28.4 Å². The van der Waals surface area contributed by atoms with Gasteiger partial charge in [0.05, 0.1) is 18.9 Å². The van der Waals surface area contributed by atoms with Crippen LogP contribution in [-0.2, 0) is 6.42 Å². The van der Waals surface area contributed by atoms with E-state index in [1.54, 1.807) is 24.3 Å². The van der Waals surface area contributed by atoms with Gasteiger partial charge in [-0.05, 0) is 18.2 Å². The summed E-state index contributed by atoms with van der Waals surface area (Å²) < 4.78 is 21.2. The number of ether oxygens (including phenoxy) is 3. The largest absolute Gasteiger partial charge is 0.507 e. The van der Waals surface area contributed by atoms with Crippen molar-refractivity contribution in [2.75, 3.05) is 13.9 Å². The summed E-state index contributed by atoms with van der Waals surface area (Å²) >= 11 is 0. The lowest BCUT2D eigenvalue weighted by Gasteiger charge is -2.10. The molecule has 0 unspecified atom stereocenters. The molecule has 6 heteroatoms. The van der Waals surface area contributed by atoms with Gasteiger partial charge in [0.15, 0.2) is 17.3 Å². The average Bonchev–Trinajstić information content (AvgIpc) is 3.20. The van der Waals surface area contributed by atoms with Crippen molar-refractivity contribution in [3.63, 3.8) is 0 Å². The molecule has 0 radical (unpaired) electrons. The van der Waals surface area contributed by atoms with Crippen molar-refractivity contribution in [2.45, 2.75) is 6.42 Å². The molecular weight excluding hydrogens is 312 g/mol. The predicted molar refractivity (Wildman–Crippen MR) is 85.0 cm³/mol. The van der Waals surface area contributed by atoms with Crippen molar-refractivity contribution in [1.82, 2.24) is 0 Å². The van der Waals surface area contributed by atoms with Crippen molar-refractivity contribution in [3.05, 3.63) is 47.7 Å². The number of carbonyl (C=O) groups excluding carboxylic acids is 1. The third-order valence-corrected chi connectivity index (χ3v) is 4.00. The van der Waals surface area contributed by atoms with Gasteiger partial charge in [0.2, 0.25) is 6.79 Å². The van der Waals surface area contributed by atoms with E-state index in [1.807, 2.05) is 0 Å². The first kappa shape index (κ1) is 14.4. The maximum atomic E-state index is 12.7. The number of carbonyl (C=O) groups is 1. The molecule has 122 valence electrons. The molecule has 0 bridgehead atoms. The number of Topliss-reactive ketones (excluding diaryl/α,β-unsaturated/α-hetero) is 1. The number of rotatable bonds is 4. The Balaban J connectivity index is 1.69. The fourth-order valence-corrected chi connectivity index (χ4v) is 2.78. The van der Waals surface area contributed by atoms with Gasteiger partial charge in [-0.3, -0.25) is 4.79 Å². The molecule has 4 rings (SSSR count). The molecule has 0 fully saturated rings. The molecular formula is C18H14O6. The van der Waals surface area contributed by atoms with Crippen LogP contribution in [0.5, 0.6) is 23.0 Å². The Bertz CT molecular complexity index is 940. The van der Waals surface area contributed by atoms with Gasteiger partial charge < -0.3 is 23.7 Å². The van der Waals surface area contributed by atoms with Crippen LogP contribution in [-0.4, -0.2) is 24.8 Å². The monoisotopic (exact) mass is 326 g/mol. The van der Waals surface area contributed by atoms with Crippen LogP contribution in [0.15, 0.2) is 41.0 Å². The number of phenols is 1. The van der Waals surface area contributed by atoms with Crippen LogP contribution < -0.4 is 14.2 Å². The quantitative estimate of drug-likeness (QED) is 0.741. The van der Waals surface area contributed by atoms with Crippen LogP contribution >= 0.6 is 0 Å². The van der Waals surface area contributed by atoms with Crippen molar-refractivity contribution >= 4 is 16.8 Å². The minimum atomic E-state index is -0.229. The lowest BCUT2D eigenvalue weighted by Crippen LogP contribution is -2.05. The number of phenolic OH excluding ortho intramolecular Hbond substituents is 1. The van der Waals surface area contributed by atoms with E-state index in [-0.39, 0.29) is 30.3 Å². The van der Waals surface area contributed by atoms with E-state index in [4.69, 9.17) is 18.6 Å². The van der Waals surface area contributed by atoms with Crippen LogP contribution in [0.4, 0.5) is 0 Å². The van der Waals surface area contributed by atoms with E-state index in [2.05, 4.69) is 0 Å². The molecule has 2 aromatic carbocycles. The van der Waals surface area contributed by atoms with Gasteiger partial charge in [-0.15, -0.1) is 0 Å². The van der Waals surface area contributed by atoms with Gasteiger partial charge >= 0.3 is 0 Å². The number of fused-ring (bicyclic) bond motifs is 2. The Morgan fingerprint density at radius 3 is 2.79 bits per heavy atom. The zero-order valence-corrected chi connectivity index (χ0v) is 12.9. The van der Waals surface area contributed by atoms with Crippen molar-refractivity contribution in [2.24, 2.45) is 0 Å². The smallest absolute Gasteiger partial charge is 0.231 e. The molecule has 1 aromatic heterocycles. The van der Waals surface area contributed by atoms with Gasteiger partial charge in [0.25, 0.3) is 0 Å². The van der Waals surface area contributed by atoms with Crippen LogP contribution in [0.1, 0.15) is 15.9 Å². The summed E-state index contributed by atoms with van der Waals surface area (Å²) in [6, 6.07) is 8.23. The Labute approximate surface area is 137 Å². The SMILES string of the molecule is COc1cc2c(cc1CC(=O)c1cc3ccoc3cc1O)OCO2. The normalized spacial score (nSPS) is 12.5. The third kappa shape index (κ3) is 2.32.